The summed E-state index contributed by atoms with van der Waals surface area (Å²) >= 11 is 0. The van der Waals surface area contributed by atoms with Gasteiger partial charge in [-0.3, -0.25) is 9.71 Å². The van der Waals surface area contributed by atoms with Gasteiger partial charge in [0.15, 0.2) is 0 Å². The highest BCUT2D eigenvalue weighted by Crippen LogP contribution is 2.25. The molecular formula is C15H18N2O3S. The summed E-state index contributed by atoms with van der Waals surface area (Å²) in [7, 11) is -3.53. The highest BCUT2D eigenvalue weighted by Gasteiger charge is 2.13. The Balaban J connectivity index is 2.07. The van der Waals surface area contributed by atoms with E-state index in [2.05, 4.69) is 9.71 Å². The number of aromatic hydroxyl groups is 1. The summed E-state index contributed by atoms with van der Waals surface area (Å²) in [5.74, 6) is -0.159. The number of anilines is 1. The second kappa shape index (κ2) is 6.58. The summed E-state index contributed by atoms with van der Waals surface area (Å²) in [5, 5.41) is 9.74. The number of hydrogen-bond donors (Lipinski definition) is 2. The van der Waals surface area contributed by atoms with Gasteiger partial charge >= 0.3 is 0 Å². The third-order valence-electron chi connectivity index (χ3n) is 3.09. The van der Waals surface area contributed by atoms with E-state index in [0.29, 0.717) is 6.42 Å². The molecule has 2 aromatic rings. The monoisotopic (exact) mass is 306 g/mol. The second-order valence-corrected chi connectivity index (χ2v) is 6.54. The fourth-order valence-electron chi connectivity index (χ4n) is 1.89. The molecule has 2 N–H and O–H groups in total. The number of nitrogens with zero attached hydrogens (tertiary/aromatic N) is 1. The average molecular weight is 306 g/mol. The van der Waals surface area contributed by atoms with Gasteiger partial charge in [0.25, 0.3) is 0 Å². The van der Waals surface area contributed by atoms with Crippen LogP contribution in [0.5, 0.6) is 5.75 Å². The Bertz CT molecular complexity index is 700. The number of phenolic OH excluding ortho intramolecular Hbond substituents is 1. The number of phenols is 1. The Morgan fingerprint density at radius 3 is 2.71 bits per heavy atom. The van der Waals surface area contributed by atoms with Gasteiger partial charge in [-0.25, -0.2) is 8.42 Å². The van der Waals surface area contributed by atoms with E-state index in [4.69, 9.17) is 0 Å². The fraction of sp³-hybridized carbons (Fsp3) is 0.267. The van der Waals surface area contributed by atoms with E-state index in [0.717, 1.165) is 17.7 Å². The number of rotatable bonds is 6. The van der Waals surface area contributed by atoms with Crippen LogP contribution in [0.1, 0.15) is 18.2 Å². The van der Waals surface area contributed by atoms with Crippen molar-refractivity contribution >= 4 is 15.7 Å². The van der Waals surface area contributed by atoms with Gasteiger partial charge in [0.1, 0.15) is 5.75 Å². The number of nitrogens with one attached hydrogen (secondary N) is 1. The van der Waals surface area contributed by atoms with Gasteiger partial charge in [-0.1, -0.05) is 19.1 Å². The maximum absolute atomic E-state index is 12.1. The van der Waals surface area contributed by atoms with Crippen LogP contribution in [0.15, 0.2) is 42.6 Å². The third kappa shape index (κ3) is 4.46. The minimum absolute atomic E-state index is 0.0754. The van der Waals surface area contributed by atoms with E-state index in [-0.39, 0.29) is 17.2 Å². The van der Waals surface area contributed by atoms with Crippen molar-refractivity contribution in [2.75, 3.05) is 10.5 Å². The normalized spacial score (nSPS) is 11.3. The SMILES string of the molecule is CCc1ccc(O)c(NS(=O)(=O)CCc2ccccn2)c1. The van der Waals surface area contributed by atoms with Crippen LogP contribution in [-0.4, -0.2) is 24.3 Å². The molecule has 0 fully saturated rings. The van der Waals surface area contributed by atoms with E-state index in [1.165, 1.54) is 6.07 Å². The Morgan fingerprint density at radius 1 is 1.24 bits per heavy atom. The number of aromatic nitrogens is 1. The quantitative estimate of drug-likeness (QED) is 0.803. The molecule has 2 rings (SSSR count). The van der Waals surface area contributed by atoms with Crippen LogP contribution in [-0.2, 0) is 22.9 Å². The summed E-state index contributed by atoms with van der Waals surface area (Å²) in [6.45, 7) is 1.96. The van der Waals surface area contributed by atoms with Crippen LogP contribution in [0.4, 0.5) is 5.69 Å². The third-order valence-corrected chi connectivity index (χ3v) is 4.36. The van der Waals surface area contributed by atoms with E-state index >= 15 is 0 Å². The molecule has 1 heterocycles. The van der Waals surface area contributed by atoms with Crippen molar-refractivity contribution in [1.29, 1.82) is 0 Å². The van der Waals surface area contributed by atoms with Crippen molar-refractivity contribution < 1.29 is 13.5 Å². The molecule has 112 valence electrons. The van der Waals surface area contributed by atoms with E-state index in [1.54, 1.807) is 30.5 Å². The van der Waals surface area contributed by atoms with Crippen molar-refractivity contribution in [3.05, 3.63) is 53.9 Å². The largest absolute Gasteiger partial charge is 0.506 e. The molecule has 5 nitrogen and oxygen atoms in total. The van der Waals surface area contributed by atoms with Crippen molar-refractivity contribution in [3.63, 3.8) is 0 Å². The topological polar surface area (TPSA) is 79.3 Å². The summed E-state index contributed by atoms with van der Waals surface area (Å²) in [4.78, 5) is 4.09. The van der Waals surface area contributed by atoms with Crippen LogP contribution in [0.2, 0.25) is 0 Å². The first kappa shape index (κ1) is 15.3. The lowest BCUT2D eigenvalue weighted by molar-refractivity contribution is 0.477. The Hall–Kier alpha value is -2.08. The average Bonchev–Trinajstić information content (AvgIpc) is 2.48. The zero-order valence-electron chi connectivity index (χ0n) is 11.8. The summed E-state index contributed by atoms with van der Waals surface area (Å²) in [6.07, 6.45) is 2.72. The first-order chi connectivity index (χ1) is 10.00. The molecular weight excluding hydrogens is 288 g/mol. The zero-order valence-corrected chi connectivity index (χ0v) is 12.6. The van der Waals surface area contributed by atoms with Gasteiger partial charge in [0.2, 0.25) is 10.0 Å². The molecule has 0 aliphatic carbocycles. The maximum Gasteiger partial charge on any atom is 0.233 e. The van der Waals surface area contributed by atoms with Gasteiger partial charge in [-0.15, -0.1) is 0 Å². The Kier molecular flexibility index (Phi) is 4.80. The number of pyridine rings is 1. The van der Waals surface area contributed by atoms with Gasteiger partial charge in [-0.2, -0.15) is 0 Å². The van der Waals surface area contributed by atoms with Crippen molar-refractivity contribution in [3.8, 4) is 5.75 Å². The summed E-state index contributed by atoms with van der Waals surface area (Å²) in [5.41, 5.74) is 1.89. The van der Waals surface area contributed by atoms with E-state index in [9.17, 15) is 13.5 Å². The molecule has 1 aromatic heterocycles. The number of benzene rings is 1. The minimum Gasteiger partial charge on any atom is -0.506 e. The molecule has 0 aliphatic rings. The lowest BCUT2D eigenvalue weighted by Gasteiger charge is -2.10. The predicted octanol–water partition coefficient (Wildman–Crippen LogP) is 2.33. The highest BCUT2D eigenvalue weighted by molar-refractivity contribution is 7.92. The van der Waals surface area contributed by atoms with Crippen LogP contribution in [0, 0.1) is 0 Å². The molecule has 0 bridgehead atoms. The lowest BCUT2D eigenvalue weighted by atomic mass is 10.1. The predicted molar refractivity (Wildman–Crippen MR) is 82.8 cm³/mol. The van der Waals surface area contributed by atoms with Crippen LogP contribution >= 0.6 is 0 Å². The zero-order chi connectivity index (χ0) is 15.3. The number of aryl methyl sites for hydroxylation is 2. The molecule has 0 atom stereocenters. The molecule has 1 aromatic carbocycles. The first-order valence-corrected chi connectivity index (χ1v) is 8.37. The van der Waals surface area contributed by atoms with Crippen molar-refractivity contribution in [2.24, 2.45) is 0 Å². The molecule has 0 spiro atoms. The Labute approximate surface area is 124 Å². The molecule has 0 amide bonds. The highest BCUT2D eigenvalue weighted by atomic mass is 32.2. The number of sulfonamides is 1. The fourth-order valence-corrected chi connectivity index (χ4v) is 2.97. The van der Waals surface area contributed by atoms with Crippen LogP contribution in [0.25, 0.3) is 0 Å². The molecule has 0 unspecified atom stereocenters. The van der Waals surface area contributed by atoms with Crippen molar-refractivity contribution in [1.82, 2.24) is 4.98 Å². The molecule has 0 aliphatic heterocycles. The van der Waals surface area contributed by atoms with Crippen molar-refractivity contribution in [2.45, 2.75) is 19.8 Å². The summed E-state index contributed by atoms with van der Waals surface area (Å²) in [6, 6.07) is 10.3. The Morgan fingerprint density at radius 2 is 2.05 bits per heavy atom. The van der Waals surface area contributed by atoms with Gasteiger partial charge < -0.3 is 5.11 Å². The van der Waals surface area contributed by atoms with Gasteiger partial charge in [0.05, 0.1) is 11.4 Å². The van der Waals surface area contributed by atoms with Crippen LogP contribution < -0.4 is 4.72 Å². The molecule has 0 saturated carbocycles. The van der Waals surface area contributed by atoms with Crippen LogP contribution in [0.3, 0.4) is 0 Å². The summed E-state index contributed by atoms with van der Waals surface area (Å²) < 4.78 is 26.6. The maximum atomic E-state index is 12.1. The molecule has 0 saturated heterocycles. The standard InChI is InChI=1S/C15H18N2O3S/c1-2-12-6-7-15(18)14(11-12)17-21(19,20)10-8-13-5-3-4-9-16-13/h3-7,9,11,17-18H,2,8,10H2,1H3. The van der Waals surface area contributed by atoms with Gasteiger partial charge in [0, 0.05) is 18.3 Å². The molecule has 21 heavy (non-hydrogen) atoms. The lowest BCUT2D eigenvalue weighted by Crippen LogP contribution is -2.18. The first-order valence-electron chi connectivity index (χ1n) is 6.72. The number of hydrogen-bond acceptors (Lipinski definition) is 4. The van der Waals surface area contributed by atoms with E-state index in [1.807, 2.05) is 13.0 Å². The smallest absolute Gasteiger partial charge is 0.233 e. The molecule has 0 radical (unpaired) electrons. The van der Waals surface area contributed by atoms with Gasteiger partial charge in [-0.05, 0) is 36.2 Å². The molecule has 6 heteroatoms. The van der Waals surface area contributed by atoms with E-state index < -0.39 is 10.0 Å². The second-order valence-electron chi connectivity index (χ2n) is 4.70. The minimum atomic E-state index is -3.53.